The Morgan fingerprint density at radius 2 is 1.71 bits per heavy atom. The number of rotatable bonds is 1. The van der Waals surface area contributed by atoms with Crippen LogP contribution in [0.4, 0.5) is 22.0 Å². The van der Waals surface area contributed by atoms with Crippen LogP contribution in [0.1, 0.15) is 31.9 Å². The molecule has 1 aliphatic heterocycles. The number of allylic oxidation sites excluding steroid dienone is 2. The molecule has 1 N–H and O–H groups in total. The largest absolute Gasteiger partial charge is 0.422 e. The summed E-state index contributed by atoms with van der Waals surface area (Å²) in [6, 6.07) is 1.62. The minimum absolute atomic E-state index is 0.211. The number of benzene rings is 1. The lowest BCUT2D eigenvalue weighted by Gasteiger charge is -2.18. The standard InChI is InChI=1S/C13H10F5N.C2H6/c1-7-4-5-19-10(6-7)8-2-3-9(14)11(12(8)15)13(16,17)18;1-2/h2-4,6,19H,5H2,1H3;1-2H3. The monoisotopic (exact) mass is 305 g/mol. The number of dihydropyridines is 1. The lowest BCUT2D eigenvalue weighted by Crippen LogP contribution is -2.19. The second-order valence-corrected chi connectivity index (χ2v) is 4.17. The van der Waals surface area contributed by atoms with Crippen molar-refractivity contribution in [3.8, 4) is 0 Å². The summed E-state index contributed by atoms with van der Waals surface area (Å²) in [4.78, 5) is 0. The third kappa shape index (κ3) is 3.83. The van der Waals surface area contributed by atoms with Crippen molar-refractivity contribution in [1.82, 2.24) is 5.32 Å². The van der Waals surface area contributed by atoms with Crippen LogP contribution in [0.2, 0.25) is 0 Å². The molecule has 0 spiro atoms. The molecule has 2 rings (SSSR count). The summed E-state index contributed by atoms with van der Waals surface area (Å²) in [5.41, 5.74) is -1.14. The molecule has 1 aromatic carbocycles. The molecule has 0 radical (unpaired) electrons. The van der Waals surface area contributed by atoms with Gasteiger partial charge in [0.15, 0.2) is 0 Å². The van der Waals surface area contributed by atoms with Crippen LogP contribution in [-0.4, -0.2) is 6.54 Å². The van der Waals surface area contributed by atoms with Crippen LogP contribution < -0.4 is 5.32 Å². The minimum Gasteiger partial charge on any atom is -0.381 e. The topological polar surface area (TPSA) is 12.0 Å². The molecule has 0 saturated heterocycles. The molecular weight excluding hydrogens is 289 g/mol. The van der Waals surface area contributed by atoms with Gasteiger partial charge in [-0.25, -0.2) is 8.78 Å². The van der Waals surface area contributed by atoms with Gasteiger partial charge >= 0.3 is 6.18 Å². The Morgan fingerprint density at radius 1 is 1.10 bits per heavy atom. The van der Waals surface area contributed by atoms with E-state index >= 15 is 0 Å². The van der Waals surface area contributed by atoms with Crippen molar-refractivity contribution in [1.29, 1.82) is 0 Å². The maximum Gasteiger partial charge on any atom is 0.422 e. The van der Waals surface area contributed by atoms with E-state index in [1.807, 2.05) is 13.8 Å². The van der Waals surface area contributed by atoms with Crippen LogP contribution in [0.5, 0.6) is 0 Å². The zero-order chi connectivity index (χ0) is 16.2. The number of nitrogens with one attached hydrogen (secondary N) is 1. The van der Waals surface area contributed by atoms with E-state index in [0.29, 0.717) is 12.6 Å². The van der Waals surface area contributed by atoms with Gasteiger partial charge in [-0.3, -0.25) is 0 Å². The molecule has 1 heterocycles. The van der Waals surface area contributed by atoms with Gasteiger partial charge in [0.2, 0.25) is 0 Å². The Bertz CT molecular complexity index is 570. The van der Waals surface area contributed by atoms with E-state index in [4.69, 9.17) is 0 Å². The second kappa shape index (κ2) is 6.74. The Labute approximate surface area is 120 Å². The summed E-state index contributed by atoms with van der Waals surface area (Å²) in [5, 5.41) is 2.76. The summed E-state index contributed by atoms with van der Waals surface area (Å²) in [7, 11) is 0. The lowest BCUT2D eigenvalue weighted by atomic mass is 10.0. The van der Waals surface area contributed by atoms with Gasteiger partial charge in [-0.15, -0.1) is 0 Å². The van der Waals surface area contributed by atoms with Crippen LogP contribution in [0, 0.1) is 11.6 Å². The molecule has 0 unspecified atom stereocenters. The third-order valence-corrected chi connectivity index (χ3v) is 2.75. The first-order chi connectivity index (χ1) is 9.80. The molecule has 21 heavy (non-hydrogen) atoms. The Kier molecular flexibility index (Phi) is 5.52. The molecular formula is C15H16F5N. The molecule has 1 aliphatic rings. The average molecular weight is 305 g/mol. The first-order valence-corrected chi connectivity index (χ1v) is 6.48. The Balaban J connectivity index is 0.00000106. The van der Waals surface area contributed by atoms with Crippen molar-refractivity contribution in [2.24, 2.45) is 0 Å². The van der Waals surface area contributed by atoms with Crippen LogP contribution >= 0.6 is 0 Å². The molecule has 0 atom stereocenters. The molecule has 0 amide bonds. The number of hydrogen-bond donors (Lipinski definition) is 1. The summed E-state index contributed by atoms with van der Waals surface area (Å²) < 4.78 is 64.8. The quantitative estimate of drug-likeness (QED) is 0.728. The maximum atomic E-state index is 13.9. The van der Waals surface area contributed by atoms with Crippen molar-refractivity contribution in [3.05, 3.63) is 52.6 Å². The summed E-state index contributed by atoms with van der Waals surface area (Å²) >= 11 is 0. The van der Waals surface area contributed by atoms with Gasteiger partial charge in [0.05, 0.1) is 0 Å². The highest BCUT2D eigenvalue weighted by Gasteiger charge is 2.39. The zero-order valence-electron chi connectivity index (χ0n) is 11.9. The van der Waals surface area contributed by atoms with E-state index in [-0.39, 0.29) is 11.3 Å². The second-order valence-electron chi connectivity index (χ2n) is 4.17. The van der Waals surface area contributed by atoms with Crippen molar-refractivity contribution in [3.63, 3.8) is 0 Å². The van der Waals surface area contributed by atoms with Gasteiger partial charge in [0, 0.05) is 17.8 Å². The van der Waals surface area contributed by atoms with Gasteiger partial charge in [-0.05, 0) is 25.1 Å². The van der Waals surface area contributed by atoms with Crippen LogP contribution in [0.25, 0.3) is 5.70 Å². The SMILES string of the molecule is CC.CC1=CCNC(c2ccc(F)c(C(F)(F)F)c2F)=C1. The smallest absolute Gasteiger partial charge is 0.381 e. The average Bonchev–Trinajstić information content (AvgIpc) is 2.39. The van der Waals surface area contributed by atoms with E-state index < -0.39 is 23.4 Å². The zero-order valence-corrected chi connectivity index (χ0v) is 11.9. The summed E-state index contributed by atoms with van der Waals surface area (Å²) in [6.45, 7) is 6.13. The van der Waals surface area contributed by atoms with Gasteiger partial charge in [-0.2, -0.15) is 13.2 Å². The van der Waals surface area contributed by atoms with E-state index in [2.05, 4.69) is 5.32 Å². The van der Waals surface area contributed by atoms with Crippen molar-refractivity contribution in [2.75, 3.05) is 6.54 Å². The van der Waals surface area contributed by atoms with Crippen LogP contribution in [-0.2, 0) is 6.18 Å². The van der Waals surface area contributed by atoms with Gasteiger partial charge < -0.3 is 5.32 Å². The molecule has 1 nitrogen and oxygen atoms in total. The molecule has 0 bridgehead atoms. The van der Waals surface area contributed by atoms with Crippen molar-refractivity contribution in [2.45, 2.75) is 26.9 Å². The molecule has 0 aliphatic carbocycles. The molecule has 0 saturated carbocycles. The maximum absolute atomic E-state index is 13.9. The Morgan fingerprint density at radius 3 is 2.24 bits per heavy atom. The first kappa shape index (κ1) is 17.2. The van der Waals surface area contributed by atoms with E-state index in [0.717, 1.165) is 11.6 Å². The van der Waals surface area contributed by atoms with E-state index in [1.54, 1.807) is 13.0 Å². The highest BCUT2D eigenvalue weighted by atomic mass is 19.4. The first-order valence-electron chi connectivity index (χ1n) is 6.48. The predicted octanol–water partition coefficient (Wildman–Crippen LogP) is 4.90. The van der Waals surface area contributed by atoms with E-state index in [1.165, 1.54) is 6.08 Å². The van der Waals surface area contributed by atoms with Crippen molar-refractivity contribution < 1.29 is 22.0 Å². The fourth-order valence-electron chi connectivity index (χ4n) is 1.85. The Hall–Kier alpha value is -1.85. The normalized spacial score (nSPS) is 14.5. The van der Waals surface area contributed by atoms with Crippen LogP contribution in [0.3, 0.4) is 0 Å². The molecule has 6 heteroatoms. The number of alkyl halides is 3. The fraction of sp³-hybridized carbons (Fsp3) is 0.333. The molecule has 0 fully saturated rings. The van der Waals surface area contributed by atoms with Gasteiger partial charge in [-0.1, -0.05) is 25.5 Å². The number of hydrogen-bond acceptors (Lipinski definition) is 1. The highest BCUT2D eigenvalue weighted by molar-refractivity contribution is 5.69. The molecule has 0 aromatic heterocycles. The van der Waals surface area contributed by atoms with Gasteiger partial charge in [0.1, 0.15) is 17.2 Å². The molecule has 1 aromatic rings. The van der Waals surface area contributed by atoms with Crippen molar-refractivity contribution >= 4 is 5.70 Å². The fourth-order valence-corrected chi connectivity index (χ4v) is 1.85. The third-order valence-electron chi connectivity index (χ3n) is 2.75. The number of halogens is 5. The van der Waals surface area contributed by atoms with Crippen LogP contribution in [0.15, 0.2) is 29.9 Å². The van der Waals surface area contributed by atoms with E-state index in [9.17, 15) is 22.0 Å². The minimum atomic E-state index is -5.07. The summed E-state index contributed by atoms with van der Waals surface area (Å²) in [5.74, 6) is -3.21. The summed E-state index contributed by atoms with van der Waals surface area (Å²) in [6.07, 6.45) is -1.75. The predicted molar refractivity (Wildman–Crippen MR) is 72.4 cm³/mol. The van der Waals surface area contributed by atoms with Gasteiger partial charge in [0.25, 0.3) is 0 Å². The highest BCUT2D eigenvalue weighted by Crippen LogP contribution is 2.36. The molecule has 116 valence electrons. The lowest BCUT2D eigenvalue weighted by molar-refractivity contribution is -0.142.